The van der Waals surface area contributed by atoms with Gasteiger partial charge < -0.3 is 19.7 Å². The van der Waals surface area contributed by atoms with Crippen LogP contribution in [-0.4, -0.2) is 43.2 Å². The topological polar surface area (TPSA) is 76.6 Å². The Hall–Kier alpha value is -2.83. The van der Waals surface area contributed by atoms with E-state index in [0.717, 1.165) is 31.8 Å². The number of piperidine rings is 1. The fraction of sp³-hybridized carbons (Fsp3) is 0.450. The molecule has 1 aromatic heterocycles. The highest BCUT2D eigenvalue weighted by molar-refractivity contribution is 6.05. The number of anilines is 2. The van der Waals surface area contributed by atoms with Gasteiger partial charge in [0.25, 0.3) is 5.91 Å². The molecule has 0 unspecified atom stereocenters. The first kappa shape index (κ1) is 18.9. The number of aryl methyl sites for hydroxylation is 1. The minimum absolute atomic E-state index is 0.262. The molecular weight excluding hydrogens is 344 g/mol. The first-order chi connectivity index (χ1) is 13.0. The first-order valence-electron chi connectivity index (χ1n) is 9.13. The summed E-state index contributed by atoms with van der Waals surface area (Å²) in [4.78, 5) is 23.8. The SMILES string of the molecule is COc1cc(NC(=O)c2cnc(N3CCC(C)CC3)nc2C)cc(OC)c1. The number of rotatable bonds is 5. The number of carbonyl (C=O) groups is 1. The maximum absolute atomic E-state index is 12.7. The van der Waals surface area contributed by atoms with Crippen molar-refractivity contribution in [2.75, 3.05) is 37.5 Å². The van der Waals surface area contributed by atoms with E-state index in [4.69, 9.17) is 9.47 Å². The Morgan fingerprint density at radius 2 is 1.78 bits per heavy atom. The van der Waals surface area contributed by atoms with Crippen molar-refractivity contribution in [3.8, 4) is 11.5 Å². The fourth-order valence-electron chi connectivity index (χ4n) is 3.12. The van der Waals surface area contributed by atoms with Gasteiger partial charge in [-0.3, -0.25) is 4.79 Å². The molecule has 7 nitrogen and oxygen atoms in total. The number of benzene rings is 1. The van der Waals surface area contributed by atoms with E-state index >= 15 is 0 Å². The molecule has 3 rings (SSSR count). The van der Waals surface area contributed by atoms with Gasteiger partial charge in [-0.25, -0.2) is 9.97 Å². The van der Waals surface area contributed by atoms with Crippen LogP contribution < -0.4 is 19.7 Å². The lowest BCUT2D eigenvalue weighted by Crippen LogP contribution is -2.34. The molecule has 0 radical (unpaired) electrons. The number of carbonyl (C=O) groups excluding carboxylic acids is 1. The molecule has 0 saturated carbocycles. The Bertz CT molecular complexity index is 795. The molecule has 1 saturated heterocycles. The Labute approximate surface area is 159 Å². The van der Waals surface area contributed by atoms with Crippen molar-refractivity contribution in [1.29, 1.82) is 0 Å². The first-order valence-corrected chi connectivity index (χ1v) is 9.13. The molecule has 1 N–H and O–H groups in total. The number of amides is 1. The highest BCUT2D eigenvalue weighted by Gasteiger charge is 2.20. The van der Waals surface area contributed by atoms with E-state index in [1.54, 1.807) is 38.6 Å². The molecular formula is C20H26N4O3. The molecule has 0 aliphatic carbocycles. The molecule has 0 spiro atoms. The van der Waals surface area contributed by atoms with Gasteiger partial charge in [-0.2, -0.15) is 0 Å². The van der Waals surface area contributed by atoms with Gasteiger partial charge >= 0.3 is 0 Å². The number of ether oxygens (including phenoxy) is 2. The summed E-state index contributed by atoms with van der Waals surface area (Å²) < 4.78 is 10.5. The molecule has 0 bridgehead atoms. The molecule has 2 heterocycles. The van der Waals surface area contributed by atoms with Crippen LogP contribution in [0.3, 0.4) is 0 Å². The number of hydrogen-bond acceptors (Lipinski definition) is 6. The predicted octanol–water partition coefficient (Wildman–Crippen LogP) is 3.29. The Morgan fingerprint density at radius 3 is 2.33 bits per heavy atom. The summed E-state index contributed by atoms with van der Waals surface area (Å²) in [6.45, 7) is 6.01. The van der Waals surface area contributed by atoms with Gasteiger partial charge in [-0.1, -0.05) is 6.92 Å². The molecule has 2 aromatic rings. The molecule has 1 amide bonds. The third-order valence-electron chi connectivity index (χ3n) is 4.89. The molecule has 1 aliphatic heterocycles. The summed E-state index contributed by atoms with van der Waals surface area (Å²) in [6.07, 6.45) is 3.88. The van der Waals surface area contributed by atoms with Crippen LogP contribution in [0.1, 0.15) is 35.8 Å². The third-order valence-corrected chi connectivity index (χ3v) is 4.89. The molecule has 1 fully saturated rings. The second-order valence-electron chi connectivity index (χ2n) is 6.89. The summed E-state index contributed by atoms with van der Waals surface area (Å²) in [5.41, 5.74) is 1.70. The van der Waals surface area contributed by atoms with Crippen molar-refractivity contribution in [3.05, 3.63) is 35.7 Å². The fourth-order valence-corrected chi connectivity index (χ4v) is 3.12. The lowest BCUT2D eigenvalue weighted by Gasteiger charge is -2.30. The van der Waals surface area contributed by atoms with Crippen molar-refractivity contribution in [3.63, 3.8) is 0 Å². The van der Waals surface area contributed by atoms with E-state index < -0.39 is 0 Å². The largest absolute Gasteiger partial charge is 0.497 e. The van der Waals surface area contributed by atoms with E-state index in [9.17, 15) is 4.79 Å². The van der Waals surface area contributed by atoms with Crippen LogP contribution in [0.15, 0.2) is 24.4 Å². The quantitative estimate of drug-likeness (QED) is 0.870. The zero-order chi connectivity index (χ0) is 19.4. The van der Waals surface area contributed by atoms with Gasteiger partial charge in [0, 0.05) is 43.2 Å². The lowest BCUT2D eigenvalue weighted by molar-refractivity contribution is 0.102. The molecule has 27 heavy (non-hydrogen) atoms. The van der Waals surface area contributed by atoms with Gasteiger partial charge in [-0.15, -0.1) is 0 Å². The van der Waals surface area contributed by atoms with Crippen molar-refractivity contribution >= 4 is 17.5 Å². The van der Waals surface area contributed by atoms with Crippen molar-refractivity contribution in [2.24, 2.45) is 5.92 Å². The molecule has 7 heteroatoms. The third kappa shape index (κ3) is 4.48. The minimum atomic E-state index is -0.262. The van der Waals surface area contributed by atoms with Crippen LogP contribution in [0.5, 0.6) is 11.5 Å². The van der Waals surface area contributed by atoms with Crippen LogP contribution in [0.25, 0.3) is 0 Å². The highest BCUT2D eigenvalue weighted by Crippen LogP contribution is 2.26. The Morgan fingerprint density at radius 1 is 1.15 bits per heavy atom. The number of nitrogens with zero attached hydrogens (tertiary/aromatic N) is 3. The predicted molar refractivity (Wildman–Crippen MR) is 105 cm³/mol. The van der Waals surface area contributed by atoms with Gasteiger partial charge in [0.2, 0.25) is 5.95 Å². The molecule has 1 aliphatic rings. The van der Waals surface area contributed by atoms with E-state index in [2.05, 4.69) is 27.1 Å². The lowest BCUT2D eigenvalue weighted by atomic mass is 10.00. The zero-order valence-corrected chi connectivity index (χ0v) is 16.3. The summed E-state index contributed by atoms with van der Waals surface area (Å²) in [7, 11) is 3.14. The number of aromatic nitrogens is 2. The molecule has 1 aromatic carbocycles. The standard InChI is InChI=1S/C20H26N4O3/c1-13-5-7-24(8-6-13)20-21-12-18(14(2)22-20)19(25)23-15-9-16(26-3)11-17(10-15)27-4/h9-13H,5-8H2,1-4H3,(H,23,25). The van der Waals surface area contributed by atoms with Crippen LogP contribution >= 0.6 is 0 Å². The smallest absolute Gasteiger partial charge is 0.259 e. The maximum Gasteiger partial charge on any atom is 0.259 e. The highest BCUT2D eigenvalue weighted by atomic mass is 16.5. The van der Waals surface area contributed by atoms with Crippen LogP contribution in [0.4, 0.5) is 11.6 Å². The van der Waals surface area contributed by atoms with Crippen molar-refractivity contribution in [1.82, 2.24) is 9.97 Å². The maximum atomic E-state index is 12.7. The monoisotopic (exact) mass is 370 g/mol. The van der Waals surface area contributed by atoms with Crippen LogP contribution in [0.2, 0.25) is 0 Å². The molecule has 144 valence electrons. The van der Waals surface area contributed by atoms with E-state index in [1.807, 2.05) is 6.92 Å². The van der Waals surface area contributed by atoms with Gasteiger partial charge in [0.05, 0.1) is 25.5 Å². The summed E-state index contributed by atoms with van der Waals surface area (Å²) in [6, 6.07) is 5.22. The average Bonchev–Trinajstić information content (AvgIpc) is 2.68. The van der Waals surface area contributed by atoms with E-state index in [1.165, 1.54) is 0 Å². The number of methoxy groups -OCH3 is 2. The molecule has 0 atom stereocenters. The second kappa shape index (κ2) is 8.24. The van der Waals surface area contributed by atoms with Gasteiger partial charge in [-0.05, 0) is 25.7 Å². The second-order valence-corrected chi connectivity index (χ2v) is 6.89. The normalized spacial score (nSPS) is 14.7. The Balaban J connectivity index is 1.75. The summed E-state index contributed by atoms with van der Waals surface area (Å²) in [5.74, 6) is 2.38. The average molecular weight is 370 g/mol. The van der Waals surface area contributed by atoms with Crippen LogP contribution in [0, 0.1) is 12.8 Å². The van der Waals surface area contributed by atoms with Gasteiger partial charge in [0.15, 0.2) is 0 Å². The minimum Gasteiger partial charge on any atom is -0.497 e. The van der Waals surface area contributed by atoms with Crippen LogP contribution in [-0.2, 0) is 0 Å². The van der Waals surface area contributed by atoms with E-state index in [-0.39, 0.29) is 5.91 Å². The Kier molecular flexibility index (Phi) is 5.78. The van der Waals surface area contributed by atoms with Crippen molar-refractivity contribution < 1.29 is 14.3 Å². The van der Waals surface area contributed by atoms with Gasteiger partial charge in [0.1, 0.15) is 11.5 Å². The number of hydrogen-bond donors (Lipinski definition) is 1. The summed E-state index contributed by atoms with van der Waals surface area (Å²) >= 11 is 0. The van der Waals surface area contributed by atoms with Crippen molar-refractivity contribution in [2.45, 2.75) is 26.7 Å². The van der Waals surface area contributed by atoms with E-state index in [0.29, 0.717) is 34.4 Å². The number of nitrogens with one attached hydrogen (secondary N) is 1. The zero-order valence-electron chi connectivity index (χ0n) is 16.3. The summed E-state index contributed by atoms with van der Waals surface area (Å²) in [5, 5.41) is 2.86.